The van der Waals surface area contributed by atoms with E-state index in [1.807, 2.05) is 0 Å². The Bertz CT molecular complexity index is 785. The first-order valence-corrected chi connectivity index (χ1v) is 6.20. The van der Waals surface area contributed by atoms with Crippen LogP contribution in [0.4, 0.5) is 20.2 Å². The normalized spacial score (nSPS) is 10.3. The van der Waals surface area contributed by atoms with Gasteiger partial charge in [0.15, 0.2) is 0 Å². The molecule has 0 aliphatic rings. The standard InChI is InChI=1S/C13H9BF2N2O5/c15-8-2-4-11(12(6-8)18(22)23)17-13(19)7-1-3-10(16)9(5-7)14(20)21/h1-6,20-21H,(H,17,19). The average Bonchev–Trinajstić information content (AvgIpc) is 2.48. The Morgan fingerprint density at radius 2 is 1.87 bits per heavy atom. The van der Waals surface area contributed by atoms with E-state index in [0.717, 1.165) is 30.3 Å². The molecule has 1 amide bonds. The van der Waals surface area contributed by atoms with E-state index in [9.17, 15) is 23.7 Å². The van der Waals surface area contributed by atoms with E-state index < -0.39 is 40.7 Å². The maximum atomic E-state index is 13.3. The number of nitro groups is 1. The monoisotopic (exact) mass is 322 g/mol. The molecule has 7 nitrogen and oxygen atoms in total. The molecular weight excluding hydrogens is 313 g/mol. The molecule has 0 saturated carbocycles. The van der Waals surface area contributed by atoms with Crippen molar-refractivity contribution in [3.63, 3.8) is 0 Å². The Morgan fingerprint density at radius 3 is 2.48 bits per heavy atom. The Hall–Kier alpha value is -2.85. The van der Waals surface area contributed by atoms with Gasteiger partial charge in [-0.05, 0) is 30.3 Å². The summed E-state index contributed by atoms with van der Waals surface area (Å²) in [6, 6.07) is 5.38. The molecule has 2 aromatic carbocycles. The number of nitro benzene ring substituents is 1. The molecule has 3 N–H and O–H groups in total. The summed E-state index contributed by atoms with van der Waals surface area (Å²) in [6.07, 6.45) is 0. The second-order valence-electron chi connectivity index (χ2n) is 4.48. The van der Waals surface area contributed by atoms with Crippen LogP contribution in [-0.4, -0.2) is 28.0 Å². The summed E-state index contributed by atoms with van der Waals surface area (Å²) in [6.45, 7) is 0. The fourth-order valence-electron chi connectivity index (χ4n) is 1.84. The number of benzene rings is 2. The van der Waals surface area contributed by atoms with Gasteiger partial charge in [0.05, 0.1) is 11.0 Å². The van der Waals surface area contributed by atoms with Crippen molar-refractivity contribution in [1.82, 2.24) is 0 Å². The van der Waals surface area contributed by atoms with E-state index in [1.165, 1.54) is 0 Å². The molecule has 0 saturated heterocycles. The van der Waals surface area contributed by atoms with Crippen LogP contribution in [0.2, 0.25) is 0 Å². The Labute approximate surface area is 128 Å². The lowest BCUT2D eigenvalue weighted by Gasteiger charge is -2.08. The number of anilines is 1. The lowest BCUT2D eigenvalue weighted by atomic mass is 9.79. The number of hydrogen-bond donors (Lipinski definition) is 3. The third kappa shape index (κ3) is 3.68. The maximum Gasteiger partial charge on any atom is 0.491 e. The summed E-state index contributed by atoms with van der Waals surface area (Å²) in [5, 5.41) is 31.0. The van der Waals surface area contributed by atoms with E-state index in [0.29, 0.717) is 6.07 Å². The van der Waals surface area contributed by atoms with Gasteiger partial charge in [0.25, 0.3) is 11.6 Å². The van der Waals surface area contributed by atoms with Crippen LogP contribution in [0.25, 0.3) is 0 Å². The largest absolute Gasteiger partial charge is 0.491 e. The van der Waals surface area contributed by atoms with Gasteiger partial charge in [0.1, 0.15) is 17.3 Å². The number of carbonyl (C=O) groups excluding carboxylic acids is 1. The third-order valence-electron chi connectivity index (χ3n) is 2.94. The molecule has 10 heteroatoms. The van der Waals surface area contributed by atoms with E-state index >= 15 is 0 Å². The van der Waals surface area contributed by atoms with Crippen LogP contribution in [0.15, 0.2) is 36.4 Å². The third-order valence-corrected chi connectivity index (χ3v) is 2.94. The van der Waals surface area contributed by atoms with Gasteiger partial charge in [-0.3, -0.25) is 14.9 Å². The zero-order valence-corrected chi connectivity index (χ0v) is 11.4. The highest BCUT2D eigenvalue weighted by Gasteiger charge is 2.21. The zero-order valence-electron chi connectivity index (χ0n) is 11.4. The second-order valence-corrected chi connectivity index (χ2v) is 4.48. The highest BCUT2D eigenvalue weighted by molar-refractivity contribution is 6.58. The molecule has 0 radical (unpaired) electrons. The van der Waals surface area contributed by atoms with Gasteiger partial charge in [0.2, 0.25) is 0 Å². The number of nitrogens with one attached hydrogen (secondary N) is 1. The first-order valence-electron chi connectivity index (χ1n) is 6.20. The molecule has 2 aromatic rings. The molecule has 2 rings (SSSR count). The zero-order chi connectivity index (χ0) is 17.1. The van der Waals surface area contributed by atoms with Crippen molar-refractivity contribution in [1.29, 1.82) is 0 Å². The lowest BCUT2D eigenvalue weighted by Crippen LogP contribution is -2.33. The van der Waals surface area contributed by atoms with Crippen molar-refractivity contribution in [3.8, 4) is 0 Å². The summed E-state index contributed by atoms with van der Waals surface area (Å²) >= 11 is 0. The average molecular weight is 322 g/mol. The second kappa shape index (κ2) is 6.50. The number of hydrogen-bond acceptors (Lipinski definition) is 5. The minimum absolute atomic E-state index is 0.159. The number of amides is 1. The van der Waals surface area contributed by atoms with E-state index in [4.69, 9.17) is 10.0 Å². The molecule has 0 spiro atoms. The van der Waals surface area contributed by atoms with Crippen molar-refractivity contribution in [2.75, 3.05) is 5.32 Å². The molecular formula is C13H9BF2N2O5. The molecule has 23 heavy (non-hydrogen) atoms. The summed E-state index contributed by atoms with van der Waals surface area (Å²) in [4.78, 5) is 22.0. The molecule has 0 aromatic heterocycles. The predicted octanol–water partition coefficient (Wildman–Crippen LogP) is 0.805. The van der Waals surface area contributed by atoms with Crippen molar-refractivity contribution in [3.05, 3.63) is 63.7 Å². The summed E-state index contributed by atoms with van der Waals surface area (Å²) in [5.74, 6) is -2.63. The van der Waals surface area contributed by atoms with E-state index in [1.54, 1.807) is 0 Å². The molecule has 0 unspecified atom stereocenters. The minimum atomic E-state index is -2.12. The topological polar surface area (TPSA) is 113 Å². The van der Waals surface area contributed by atoms with Crippen molar-refractivity contribution in [2.24, 2.45) is 0 Å². The minimum Gasteiger partial charge on any atom is -0.423 e. The Balaban J connectivity index is 2.33. The van der Waals surface area contributed by atoms with Crippen LogP contribution in [0, 0.1) is 21.7 Å². The highest BCUT2D eigenvalue weighted by atomic mass is 19.1. The smallest absolute Gasteiger partial charge is 0.423 e. The predicted molar refractivity (Wildman–Crippen MR) is 77.2 cm³/mol. The van der Waals surface area contributed by atoms with Gasteiger partial charge in [-0.15, -0.1) is 0 Å². The molecule has 0 heterocycles. The number of halogens is 2. The Kier molecular flexibility index (Phi) is 4.67. The summed E-state index contributed by atoms with van der Waals surface area (Å²) in [5.41, 5.74) is -1.58. The van der Waals surface area contributed by atoms with Gasteiger partial charge in [-0.25, -0.2) is 8.78 Å². The van der Waals surface area contributed by atoms with Crippen molar-refractivity contribution >= 4 is 29.9 Å². The van der Waals surface area contributed by atoms with Crippen molar-refractivity contribution in [2.45, 2.75) is 0 Å². The van der Waals surface area contributed by atoms with Crippen LogP contribution >= 0.6 is 0 Å². The molecule has 0 bridgehead atoms. The molecule has 118 valence electrons. The Morgan fingerprint density at radius 1 is 1.17 bits per heavy atom. The molecule has 0 aliphatic heterocycles. The molecule has 0 fully saturated rings. The van der Waals surface area contributed by atoms with Crippen LogP contribution in [-0.2, 0) is 0 Å². The van der Waals surface area contributed by atoms with Gasteiger partial charge in [-0.2, -0.15) is 0 Å². The number of rotatable bonds is 4. The number of carbonyl (C=O) groups is 1. The first kappa shape index (κ1) is 16.5. The van der Waals surface area contributed by atoms with Gasteiger partial charge in [0, 0.05) is 11.0 Å². The fraction of sp³-hybridized carbons (Fsp3) is 0. The maximum absolute atomic E-state index is 13.3. The molecule has 0 atom stereocenters. The molecule has 0 aliphatic carbocycles. The van der Waals surface area contributed by atoms with E-state index in [-0.39, 0.29) is 11.3 Å². The van der Waals surface area contributed by atoms with Crippen molar-refractivity contribution < 1.29 is 28.5 Å². The van der Waals surface area contributed by atoms with Crippen LogP contribution in [0.1, 0.15) is 10.4 Å². The SMILES string of the molecule is O=C(Nc1ccc(F)cc1[N+](=O)[O-])c1ccc(F)c(B(O)O)c1. The first-order chi connectivity index (χ1) is 10.8. The van der Waals surface area contributed by atoms with Crippen LogP contribution in [0.3, 0.4) is 0 Å². The van der Waals surface area contributed by atoms with E-state index in [2.05, 4.69) is 5.32 Å². The summed E-state index contributed by atoms with van der Waals surface area (Å²) in [7, 11) is -2.12. The quantitative estimate of drug-likeness (QED) is 0.438. The lowest BCUT2D eigenvalue weighted by molar-refractivity contribution is -0.384. The highest BCUT2D eigenvalue weighted by Crippen LogP contribution is 2.25. The van der Waals surface area contributed by atoms with Gasteiger partial charge in [-0.1, -0.05) is 0 Å². The summed E-state index contributed by atoms with van der Waals surface area (Å²) < 4.78 is 26.4. The fourth-order valence-corrected chi connectivity index (χ4v) is 1.84. The van der Waals surface area contributed by atoms with Crippen LogP contribution < -0.4 is 10.8 Å². The number of nitrogens with zero attached hydrogens (tertiary/aromatic N) is 1. The van der Waals surface area contributed by atoms with Gasteiger partial charge < -0.3 is 15.4 Å². The van der Waals surface area contributed by atoms with Crippen LogP contribution in [0.5, 0.6) is 0 Å². The van der Waals surface area contributed by atoms with Gasteiger partial charge >= 0.3 is 7.12 Å².